The summed E-state index contributed by atoms with van der Waals surface area (Å²) in [5, 5.41) is 21.5. The lowest BCUT2D eigenvalue weighted by Gasteiger charge is -2.13. The number of hydrogen-bond donors (Lipinski definition) is 2. The fourth-order valence-corrected chi connectivity index (χ4v) is 3.57. The maximum absolute atomic E-state index is 10.3. The highest BCUT2D eigenvalue weighted by atomic mass is 32.1. The minimum Gasteiger partial charge on any atom is -0.507 e. The van der Waals surface area contributed by atoms with E-state index in [9.17, 15) is 10.2 Å². The van der Waals surface area contributed by atoms with Gasteiger partial charge in [0.25, 0.3) is 0 Å². The van der Waals surface area contributed by atoms with Gasteiger partial charge in [-0.05, 0) is 44.0 Å². The molecule has 3 nitrogen and oxygen atoms in total. The van der Waals surface area contributed by atoms with Gasteiger partial charge in [-0.1, -0.05) is 24.3 Å². The van der Waals surface area contributed by atoms with Crippen LogP contribution in [0.3, 0.4) is 0 Å². The predicted octanol–water partition coefficient (Wildman–Crippen LogP) is 4.89. The highest BCUT2D eigenvalue weighted by Crippen LogP contribution is 2.37. The van der Waals surface area contributed by atoms with Crippen molar-refractivity contribution in [1.29, 1.82) is 0 Å². The number of phenols is 2. The SMILES string of the molecule is Cc1c(C)c(O)c(/C=C/Cc2nc3ccccc3s2)c(C)c1O. The number of aromatic hydroxyl groups is 2. The van der Waals surface area contributed by atoms with Crippen LogP contribution in [0.15, 0.2) is 30.3 Å². The molecule has 3 aromatic rings. The first-order valence-electron chi connectivity index (χ1n) is 7.51. The Kier molecular flexibility index (Phi) is 4.09. The molecular formula is C19H19NO2S. The number of phenolic OH excluding ortho intramolecular Hbond substituents is 2. The monoisotopic (exact) mass is 325 g/mol. The van der Waals surface area contributed by atoms with E-state index in [-0.39, 0.29) is 11.5 Å². The van der Waals surface area contributed by atoms with Crippen LogP contribution in [0.2, 0.25) is 0 Å². The lowest BCUT2D eigenvalue weighted by Crippen LogP contribution is -1.92. The quantitative estimate of drug-likeness (QED) is 0.674. The summed E-state index contributed by atoms with van der Waals surface area (Å²) < 4.78 is 1.18. The Morgan fingerprint density at radius 3 is 2.43 bits per heavy atom. The van der Waals surface area contributed by atoms with Crippen LogP contribution in [-0.4, -0.2) is 15.2 Å². The van der Waals surface area contributed by atoms with Gasteiger partial charge in [0, 0.05) is 17.5 Å². The number of allylic oxidation sites excluding steroid dienone is 1. The average Bonchev–Trinajstić information content (AvgIpc) is 2.97. The minimum atomic E-state index is 0.235. The molecule has 0 atom stereocenters. The summed E-state index contributed by atoms with van der Waals surface area (Å²) >= 11 is 1.68. The predicted molar refractivity (Wildman–Crippen MR) is 96.3 cm³/mol. The number of rotatable bonds is 3. The molecule has 3 rings (SSSR count). The number of benzene rings is 2. The number of nitrogens with zero attached hydrogens (tertiary/aromatic N) is 1. The Balaban J connectivity index is 1.88. The third kappa shape index (κ3) is 2.82. The van der Waals surface area contributed by atoms with Crippen LogP contribution in [0.5, 0.6) is 11.5 Å². The van der Waals surface area contributed by atoms with Gasteiger partial charge in [-0.25, -0.2) is 4.98 Å². The summed E-state index contributed by atoms with van der Waals surface area (Å²) in [5.74, 6) is 0.485. The van der Waals surface area contributed by atoms with Crippen molar-refractivity contribution in [3.8, 4) is 11.5 Å². The zero-order chi connectivity index (χ0) is 16.6. The van der Waals surface area contributed by atoms with Crippen molar-refractivity contribution in [2.24, 2.45) is 0 Å². The Bertz CT molecular complexity index is 847. The largest absolute Gasteiger partial charge is 0.507 e. The molecule has 1 heterocycles. The summed E-state index contributed by atoms with van der Waals surface area (Å²) in [6, 6.07) is 8.08. The van der Waals surface area contributed by atoms with Gasteiger partial charge in [-0.3, -0.25) is 0 Å². The second-order valence-corrected chi connectivity index (χ2v) is 6.78. The molecule has 0 saturated heterocycles. The first-order chi connectivity index (χ1) is 11.0. The van der Waals surface area contributed by atoms with Crippen LogP contribution in [0, 0.1) is 20.8 Å². The molecule has 118 valence electrons. The molecule has 4 heteroatoms. The lowest BCUT2D eigenvalue weighted by molar-refractivity contribution is 0.448. The third-order valence-corrected chi connectivity index (χ3v) is 5.26. The van der Waals surface area contributed by atoms with Crippen molar-refractivity contribution in [1.82, 2.24) is 4.98 Å². The van der Waals surface area contributed by atoms with Crippen molar-refractivity contribution < 1.29 is 10.2 Å². The Morgan fingerprint density at radius 1 is 1.00 bits per heavy atom. The topological polar surface area (TPSA) is 53.4 Å². The molecule has 0 fully saturated rings. The standard InChI is InChI=1S/C19H19NO2S/c1-11-12(2)19(22)14(13(3)18(11)21)7-6-10-17-20-15-8-4-5-9-16(15)23-17/h4-9,21-22H,10H2,1-3H3/b7-6+. The van der Waals surface area contributed by atoms with Gasteiger partial charge in [-0.2, -0.15) is 0 Å². The highest BCUT2D eigenvalue weighted by molar-refractivity contribution is 7.18. The van der Waals surface area contributed by atoms with E-state index in [2.05, 4.69) is 11.1 Å². The highest BCUT2D eigenvalue weighted by Gasteiger charge is 2.14. The van der Waals surface area contributed by atoms with Gasteiger partial charge in [0.2, 0.25) is 0 Å². The summed E-state index contributed by atoms with van der Waals surface area (Å²) in [6.45, 7) is 5.44. The van der Waals surface area contributed by atoms with Crippen molar-refractivity contribution in [2.45, 2.75) is 27.2 Å². The third-order valence-electron chi connectivity index (χ3n) is 4.20. The van der Waals surface area contributed by atoms with Gasteiger partial charge >= 0.3 is 0 Å². The van der Waals surface area contributed by atoms with Crippen LogP contribution in [-0.2, 0) is 6.42 Å². The van der Waals surface area contributed by atoms with Crippen molar-refractivity contribution in [3.63, 3.8) is 0 Å². The molecule has 0 aliphatic rings. The summed E-state index contributed by atoms with van der Waals surface area (Å²) in [4.78, 5) is 4.59. The fraction of sp³-hybridized carbons (Fsp3) is 0.211. The molecule has 0 saturated carbocycles. The summed E-state index contributed by atoms with van der Waals surface area (Å²) in [7, 11) is 0. The smallest absolute Gasteiger partial charge is 0.126 e. The number of hydrogen-bond acceptors (Lipinski definition) is 4. The van der Waals surface area contributed by atoms with Crippen LogP contribution in [0.4, 0.5) is 0 Å². The summed E-state index contributed by atoms with van der Waals surface area (Å²) in [5.41, 5.74) is 3.83. The molecule has 2 N–H and O–H groups in total. The minimum absolute atomic E-state index is 0.235. The molecule has 1 aromatic heterocycles. The number of para-hydroxylation sites is 1. The second-order valence-electron chi connectivity index (χ2n) is 5.67. The Hall–Kier alpha value is -2.33. The van der Waals surface area contributed by atoms with E-state index in [0.717, 1.165) is 16.1 Å². The maximum atomic E-state index is 10.3. The van der Waals surface area contributed by atoms with Crippen molar-refractivity contribution >= 4 is 27.6 Å². The lowest BCUT2D eigenvalue weighted by atomic mass is 9.97. The number of thiazole rings is 1. The van der Waals surface area contributed by atoms with Crippen LogP contribution in [0.25, 0.3) is 16.3 Å². The number of fused-ring (bicyclic) bond motifs is 1. The molecule has 23 heavy (non-hydrogen) atoms. The van der Waals surface area contributed by atoms with E-state index < -0.39 is 0 Å². The molecule has 0 aliphatic heterocycles. The van der Waals surface area contributed by atoms with Crippen LogP contribution < -0.4 is 0 Å². The van der Waals surface area contributed by atoms with E-state index in [1.54, 1.807) is 11.3 Å². The van der Waals surface area contributed by atoms with E-state index >= 15 is 0 Å². The van der Waals surface area contributed by atoms with Crippen molar-refractivity contribution in [2.75, 3.05) is 0 Å². The average molecular weight is 325 g/mol. The van der Waals surface area contributed by atoms with Gasteiger partial charge in [0.05, 0.1) is 15.2 Å². The molecule has 0 bridgehead atoms. The zero-order valence-corrected chi connectivity index (χ0v) is 14.2. The van der Waals surface area contributed by atoms with Crippen molar-refractivity contribution in [3.05, 3.63) is 57.6 Å². The van der Waals surface area contributed by atoms with E-state index in [4.69, 9.17) is 0 Å². The van der Waals surface area contributed by atoms with Gasteiger partial charge in [0.1, 0.15) is 11.5 Å². The van der Waals surface area contributed by atoms with Crippen LogP contribution >= 0.6 is 11.3 Å². The molecule has 2 aromatic carbocycles. The Morgan fingerprint density at radius 2 is 1.70 bits per heavy atom. The summed E-state index contributed by atoms with van der Waals surface area (Å²) in [6.07, 6.45) is 4.54. The molecule has 0 aliphatic carbocycles. The first-order valence-corrected chi connectivity index (χ1v) is 8.33. The zero-order valence-electron chi connectivity index (χ0n) is 13.4. The number of aromatic nitrogens is 1. The van der Waals surface area contributed by atoms with Gasteiger partial charge in [-0.15, -0.1) is 11.3 Å². The normalized spacial score (nSPS) is 11.6. The molecule has 0 radical (unpaired) electrons. The van der Waals surface area contributed by atoms with E-state index in [1.165, 1.54) is 4.70 Å². The van der Waals surface area contributed by atoms with E-state index in [1.807, 2.05) is 51.1 Å². The molecular weight excluding hydrogens is 306 g/mol. The molecule has 0 amide bonds. The van der Waals surface area contributed by atoms with Crippen LogP contribution in [0.1, 0.15) is 27.3 Å². The maximum Gasteiger partial charge on any atom is 0.126 e. The van der Waals surface area contributed by atoms with E-state index in [0.29, 0.717) is 23.1 Å². The van der Waals surface area contributed by atoms with Gasteiger partial charge < -0.3 is 10.2 Å². The fourth-order valence-electron chi connectivity index (χ4n) is 2.63. The molecule has 0 spiro atoms. The second kappa shape index (κ2) is 6.05. The van der Waals surface area contributed by atoms with Gasteiger partial charge in [0.15, 0.2) is 0 Å². The molecule has 0 unspecified atom stereocenters. The Labute approximate surface area is 139 Å². The first kappa shape index (κ1) is 15.6.